The molecular formula is C25H28F3N5O6. The average molecular weight is 552 g/mol. The molecular weight excluding hydrogens is 523 g/mol. The van der Waals surface area contributed by atoms with Gasteiger partial charge in [0, 0.05) is 44.0 Å². The highest BCUT2D eigenvalue weighted by Crippen LogP contribution is 2.35. The van der Waals surface area contributed by atoms with Crippen molar-refractivity contribution in [2.75, 3.05) is 20.3 Å². The summed E-state index contributed by atoms with van der Waals surface area (Å²) in [5, 5.41) is 35.9. The molecule has 210 valence electrons. The Kier molecular flexibility index (Phi) is 7.98. The molecule has 39 heavy (non-hydrogen) atoms. The monoisotopic (exact) mass is 551 g/mol. The molecule has 2 aliphatic rings. The van der Waals surface area contributed by atoms with E-state index in [0.717, 1.165) is 24.2 Å². The van der Waals surface area contributed by atoms with E-state index in [2.05, 4.69) is 20.8 Å². The van der Waals surface area contributed by atoms with Crippen LogP contribution in [0.3, 0.4) is 0 Å². The van der Waals surface area contributed by atoms with Crippen LogP contribution < -0.4 is 5.32 Å². The van der Waals surface area contributed by atoms with Crippen LogP contribution in [0, 0.1) is 17.5 Å². The van der Waals surface area contributed by atoms with Crippen LogP contribution in [-0.2, 0) is 20.7 Å². The van der Waals surface area contributed by atoms with Crippen LogP contribution in [0.15, 0.2) is 28.9 Å². The zero-order valence-electron chi connectivity index (χ0n) is 21.0. The fourth-order valence-corrected chi connectivity index (χ4v) is 5.22. The summed E-state index contributed by atoms with van der Waals surface area (Å²) >= 11 is 0. The Balaban J connectivity index is 1.38. The number of aliphatic hydroxyl groups is 2. The second-order valence-corrected chi connectivity index (χ2v) is 9.71. The summed E-state index contributed by atoms with van der Waals surface area (Å²) in [6, 6.07) is 2.48. The van der Waals surface area contributed by atoms with E-state index in [-0.39, 0.29) is 29.5 Å². The van der Waals surface area contributed by atoms with Gasteiger partial charge < -0.3 is 29.5 Å². The van der Waals surface area contributed by atoms with Crippen LogP contribution in [0.1, 0.15) is 42.7 Å². The van der Waals surface area contributed by atoms with Crippen LogP contribution in [-0.4, -0.2) is 80.9 Å². The first-order chi connectivity index (χ1) is 18.8. The Morgan fingerprint density at radius 1 is 1.18 bits per heavy atom. The van der Waals surface area contributed by atoms with E-state index in [0.29, 0.717) is 25.1 Å². The van der Waals surface area contributed by atoms with Crippen molar-refractivity contribution in [2.45, 2.75) is 62.1 Å². The second kappa shape index (κ2) is 11.4. The summed E-state index contributed by atoms with van der Waals surface area (Å²) in [6.07, 6.45) is -0.513. The zero-order chi connectivity index (χ0) is 27.7. The first-order valence-corrected chi connectivity index (χ1v) is 12.5. The van der Waals surface area contributed by atoms with Crippen LogP contribution >= 0.6 is 0 Å². The predicted octanol–water partition coefficient (Wildman–Crippen LogP) is 1.65. The molecule has 0 aliphatic carbocycles. The smallest absolute Gasteiger partial charge is 0.220 e. The number of carbonyl (C=O) groups is 1. The Morgan fingerprint density at radius 2 is 1.95 bits per heavy atom. The zero-order valence-corrected chi connectivity index (χ0v) is 21.0. The van der Waals surface area contributed by atoms with E-state index in [9.17, 15) is 28.2 Å². The quantitative estimate of drug-likeness (QED) is 0.373. The molecule has 1 amide bonds. The van der Waals surface area contributed by atoms with Crippen LogP contribution in [0.25, 0.3) is 11.3 Å². The standard InChI is InChI=1S/C25H28F3N5O6/c1-37-25-19(9-14-8-17(31-39-14)12-2-3-21(35)29-5-4-12)38-20(11-34)24(36)23(25)33-10-18(30-32-33)13-6-15(26)22(28)16(27)7-13/h6-8,10,12,19-20,23-25,34,36H,2-5,9,11H2,1H3,(H,29,35)/t12?,19-,20-,23+,24+,25+/m1/s1. The van der Waals surface area contributed by atoms with Crippen molar-refractivity contribution in [2.24, 2.45) is 0 Å². The molecule has 2 aliphatic heterocycles. The molecule has 3 N–H and O–H groups in total. The molecule has 0 bridgehead atoms. The maximum absolute atomic E-state index is 13.8. The molecule has 2 saturated heterocycles. The summed E-state index contributed by atoms with van der Waals surface area (Å²) in [5.74, 6) is -3.80. The highest BCUT2D eigenvalue weighted by Gasteiger charge is 2.47. The third kappa shape index (κ3) is 5.55. The van der Waals surface area contributed by atoms with Gasteiger partial charge in [0.25, 0.3) is 0 Å². The van der Waals surface area contributed by atoms with Crippen molar-refractivity contribution >= 4 is 5.91 Å². The summed E-state index contributed by atoms with van der Waals surface area (Å²) in [5.41, 5.74) is 0.712. The van der Waals surface area contributed by atoms with Gasteiger partial charge in [0.15, 0.2) is 17.5 Å². The van der Waals surface area contributed by atoms with Gasteiger partial charge in [-0.2, -0.15) is 0 Å². The highest BCUT2D eigenvalue weighted by molar-refractivity contribution is 5.76. The number of ether oxygens (including phenoxy) is 2. The van der Waals surface area contributed by atoms with E-state index in [1.807, 2.05) is 0 Å². The molecule has 4 heterocycles. The number of rotatable bonds is 7. The van der Waals surface area contributed by atoms with Gasteiger partial charge in [-0.25, -0.2) is 17.9 Å². The van der Waals surface area contributed by atoms with Crippen molar-refractivity contribution in [3.05, 3.63) is 53.3 Å². The summed E-state index contributed by atoms with van der Waals surface area (Å²) in [7, 11) is 1.42. The van der Waals surface area contributed by atoms with Crippen molar-refractivity contribution in [3.63, 3.8) is 0 Å². The fourth-order valence-electron chi connectivity index (χ4n) is 5.22. The molecule has 2 fully saturated rings. The highest BCUT2D eigenvalue weighted by atomic mass is 19.2. The summed E-state index contributed by atoms with van der Waals surface area (Å²) < 4.78 is 59.4. The van der Waals surface area contributed by atoms with Gasteiger partial charge in [-0.15, -0.1) is 5.10 Å². The van der Waals surface area contributed by atoms with Gasteiger partial charge in [-0.05, 0) is 25.0 Å². The van der Waals surface area contributed by atoms with Gasteiger partial charge in [0.05, 0.1) is 24.6 Å². The molecule has 0 radical (unpaired) electrons. The van der Waals surface area contributed by atoms with Crippen LogP contribution in [0.2, 0.25) is 0 Å². The Morgan fingerprint density at radius 3 is 2.67 bits per heavy atom. The van der Waals surface area contributed by atoms with Crippen molar-refractivity contribution < 1.29 is 42.2 Å². The molecule has 11 nitrogen and oxygen atoms in total. The second-order valence-electron chi connectivity index (χ2n) is 9.71. The number of methoxy groups -OCH3 is 1. The number of aliphatic hydroxyl groups excluding tert-OH is 2. The van der Waals surface area contributed by atoms with E-state index in [4.69, 9.17) is 14.0 Å². The van der Waals surface area contributed by atoms with Crippen LogP contribution in [0.4, 0.5) is 13.2 Å². The van der Waals surface area contributed by atoms with Crippen molar-refractivity contribution in [3.8, 4) is 11.3 Å². The Hall–Kier alpha value is -3.33. The van der Waals surface area contributed by atoms with Crippen LogP contribution in [0.5, 0.6) is 0 Å². The largest absolute Gasteiger partial charge is 0.394 e. The molecule has 1 unspecified atom stereocenters. The third-order valence-corrected chi connectivity index (χ3v) is 7.26. The number of hydrogen-bond acceptors (Lipinski definition) is 9. The number of hydrogen-bond donors (Lipinski definition) is 3. The average Bonchev–Trinajstić information content (AvgIpc) is 3.54. The number of amides is 1. The lowest BCUT2D eigenvalue weighted by molar-refractivity contribution is -0.212. The minimum Gasteiger partial charge on any atom is -0.394 e. The number of halogens is 3. The van der Waals surface area contributed by atoms with E-state index in [1.54, 1.807) is 6.07 Å². The minimum absolute atomic E-state index is 0.00497. The van der Waals surface area contributed by atoms with Crippen molar-refractivity contribution in [1.82, 2.24) is 25.5 Å². The first kappa shape index (κ1) is 27.2. The topological polar surface area (TPSA) is 145 Å². The lowest BCUT2D eigenvalue weighted by Gasteiger charge is -2.43. The van der Waals surface area contributed by atoms with Gasteiger partial charge in [0.1, 0.15) is 35.8 Å². The van der Waals surface area contributed by atoms with Gasteiger partial charge >= 0.3 is 0 Å². The van der Waals surface area contributed by atoms with Gasteiger partial charge in [-0.1, -0.05) is 10.4 Å². The summed E-state index contributed by atoms with van der Waals surface area (Å²) in [6.45, 7) is 0.0450. The van der Waals surface area contributed by atoms with Crippen molar-refractivity contribution in [1.29, 1.82) is 0 Å². The van der Waals surface area contributed by atoms with E-state index < -0.39 is 54.5 Å². The Bertz CT molecular complexity index is 1300. The SMILES string of the molecule is CO[C@@H]1[C@@H](n2cc(-c3cc(F)c(F)c(F)c3)nn2)[C@@H](O)[C@@H](CO)O[C@@H]1Cc1cc(C2CCNC(=O)CC2)no1. The third-order valence-electron chi connectivity index (χ3n) is 7.26. The molecule has 14 heteroatoms. The molecule has 2 aromatic heterocycles. The Labute approximate surface area is 220 Å². The van der Waals surface area contributed by atoms with E-state index >= 15 is 0 Å². The molecule has 0 saturated carbocycles. The maximum atomic E-state index is 13.8. The maximum Gasteiger partial charge on any atom is 0.220 e. The molecule has 3 aromatic rings. The number of aromatic nitrogens is 4. The van der Waals surface area contributed by atoms with Gasteiger partial charge in [-0.3, -0.25) is 4.79 Å². The lowest BCUT2D eigenvalue weighted by Crippen LogP contribution is -2.57. The van der Waals surface area contributed by atoms with Gasteiger partial charge in [0.2, 0.25) is 5.91 Å². The molecule has 5 rings (SSSR count). The normalized spacial score (nSPS) is 27.8. The number of nitrogens with zero attached hydrogens (tertiary/aromatic N) is 4. The first-order valence-electron chi connectivity index (χ1n) is 12.5. The minimum atomic E-state index is -1.60. The lowest BCUT2D eigenvalue weighted by atomic mass is 9.90. The molecule has 0 spiro atoms. The fraction of sp³-hybridized carbons (Fsp3) is 0.520. The van der Waals surface area contributed by atoms with E-state index in [1.165, 1.54) is 18.0 Å². The predicted molar refractivity (Wildman–Crippen MR) is 127 cm³/mol. The summed E-state index contributed by atoms with van der Waals surface area (Å²) in [4.78, 5) is 11.7. The number of carbonyl (C=O) groups excluding carboxylic acids is 1. The number of benzene rings is 1. The number of nitrogens with one attached hydrogen (secondary N) is 1. The molecule has 6 atom stereocenters. The molecule has 1 aromatic carbocycles.